The molecular weight excluding hydrogens is 349 g/mol. The largest absolute Gasteiger partial charge is 0.246 e. The summed E-state index contributed by atoms with van der Waals surface area (Å²) in [6, 6.07) is 4.79. The van der Waals surface area contributed by atoms with E-state index in [9.17, 15) is 8.42 Å². The molecule has 2 rings (SSSR count). The van der Waals surface area contributed by atoms with Crippen molar-refractivity contribution in [1.82, 2.24) is 4.31 Å². The van der Waals surface area contributed by atoms with E-state index in [0.29, 0.717) is 18.3 Å². The fraction of sp³-hybridized carbons (Fsp3) is 0.571. The lowest BCUT2D eigenvalue weighted by Gasteiger charge is -2.24. The normalized spacial score (nSPS) is 21.2. The fourth-order valence-electron chi connectivity index (χ4n) is 2.52. The van der Waals surface area contributed by atoms with Crippen LogP contribution in [0.1, 0.15) is 26.2 Å². The predicted octanol–water partition coefficient (Wildman–Crippen LogP) is 4.29. The zero-order valence-corrected chi connectivity index (χ0v) is 15.0. The number of benzene rings is 1. The van der Waals surface area contributed by atoms with Crippen molar-refractivity contribution in [2.75, 3.05) is 18.8 Å². The fourth-order valence-corrected chi connectivity index (χ4v) is 6.32. The summed E-state index contributed by atoms with van der Waals surface area (Å²) in [5.41, 5.74) is 0. The molecule has 3 nitrogen and oxygen atoms in total. The van der Waals surface area contributed by atoms with Gasteiger partial charge in [-0.1, -0.05) is 42.6 Å². The molecular formula is C14H19Cl2NO2S2. The van der Waals surface area contributed by atoms with Gasteiger partial charge in [0.1, 0.15) is 4.90 Å². The van der Waals surface area contributed by atoms with Gasteiger partial charge < -0.3 is 0 Å². The molecule has 0 amide bonds. The average Bonchev–Trinajstić information content (AvgIpc) is 2.65. The van der Waals surface area contributed by atoms with Crippen molar-refractivity contribution in [3.8, 4) is 0 Å². The lowest BCUT2D eigenvalue weighted by atomic mass is 10.2. The summed E-state index contributed by atoms with van der Waals surface area (Å²) in [6.07, 6.45) is 2.99. The van der Waals surface area contributed by atoms with Gasteiger partial charge >= 0.3 is 0 Å². The van der Waals surface area contributed by atoms with Gasteiger partial charge in [-0.05, 0) is 30.7 Å². The van der Waals surface area contributed by atoms with Crippen molar-refractivity contribution >= 4 is 45.0 Å². The molecule has 0 saturated carbocycles. The Morgan fingerprint density at radius 3 is 2.57 bits per heavy atom. The molecule has 1 heterocycles. The van der Waals surface area contributed by atoms with E-state index < -0.39 is 10.0 Å². The lowest BCUT2D eigenvalue weighted by molar-refractivity contribution is 0.426. The van der Waals surface area contributed by atoms with Crippen molar-refractivity contribution < 1.29 is 8.42 Å². The second-order valence-electron chi connectivity index (χ2n) is 4.99. The molecule has 1 aromatic carbocycles. The van der Waals surface area contributed by atoms with Crippen molar-refractivity contribution in [3.63, 3.8) is 0 Å². The lowest BCUT2D eigenvalue weighted by Crippen LogP contribution is -2.36. The quantitative estimate of drug-likeness (QED) is 0.796. The third kappa shape index (κ3) is 4.08. The van der Waals surface area contributed by atoms with Crippen LogP contribution in [0.2, 0.25) is 10.0 Å². The standard InChI is InChI=1S/C14H19Cl2NO2S2/c1-2-20-11-6-3-4-9-17(10-11)21(18,19)14-12(15)7-5-8-13(14)16/h5,7-8,11H,2-4,6,9-10H2,1H3. The summed E-state index contributed by atoms with van der Waals surface area (Å²) in [6.45, 7) is 3.16. The van der Waals surface area contributed by atoms with Gasteiger partial charge in [0.15, 0.2) is 0 Å². The molecule has 1 aliphatic heterocycles. The number of rotatable bonds is 4. The SMILES string of the molecule is CCSC1CCCCN(S(=O)(=O)c2c(Cl)cccc2Cl)C1. The smallest absolute Gasteiger partial charge is 0.207 e. The van der Waals surface area contributed by atoms with Crippen molar-refractivity contribution in [1.29, 1.82) is 0 Å². The molecule has 1 atom stereocenters. The Balaban J connectivity index is 2.33. The summed E-state index contributed by atoms with van der Waals surface area (Å²) in [7, 11) is -3.64. The van der Waals surface area contributed by atoms with Gasteiger partial charge in [-0.2, -0.15) is 16.1 Å². The van der Waals surface area contributed by atoms with Gasteiger partial charge in [-0.25, -0.2) is 8.42 Å². The Bertz CT molecular complexity index is 572. The molecule has 0 radical (unpaired) electrons. The summed E-state index contributed by atoms with van der Waals surface area (Å²) in [4.78, 5) is 0.0375. The number of hydrogen-bond acceptors (Lipinski definition) is 3. The van der Waals surface area contributed by atoms with E-state index >= 15 is 0 Å². The average molecular weight is 368 g/mol. The number of hydrogen-bond donors (Lipinski definition) is 0. The van der Waals surface area contributed by atoms with Crippen molar-refractivity contribution in [2.24, 2.45) is 0 Å². The minimum absolute atomic E-state index is 0.0375. The third-order valence-corrected chi connectivity index (χ3v) is 7.52. The molecule has 0 aliphatic carbocycles. The van der Waals surface area contributed by atoms with Gasteiger partial charge in [0.25, 0.3) is 0 Å². The second-order valence-corrected chi connectivity index (χ2v) is 9.25. The van der Waals surface area contributed by atoms with Crippen LogP contribution in [0.15, 0.2) is 23.1 Å². The molecule has 21 heavy (non-hydrogen) atoms. The van der Waals surface area contributed by atoms with Crippen LogP contribution in [0.4, 0.5) is 0 Å². The van der Waals surface area contributed by atoms with Crippen LogP contribution in [0, 0.1) is 0 Å². The van der Waals surface area contributed by atoms with E-state index in [2.05, 4.69) is 6.92 Å². The molecule has 1 fully saturated rings. The first-order chi connectivity index (χ1) is 9.96. The van der Waals surface area contributed by atoms with Crippen LogP contribution in [-0.2, 0) is 10.0 Å². The van der Waals surface area contributed by atoms with E-state index in [-0.39, 0.29) is 14.9 Å². The highest BCUT2D eigenvalue weighted by molar-refractivity contribution is 7.99. The van der Waals surface area contributed by atoms with Gasteiger partial charge in [0.05, 0.1) is 10.0 Å². The van der Waals surface area contributed by atoms with Crippen LogP contribution >= 0.6 is 35.0 Å². The third-order valence-electron chi connectivity index (χ3n) is 3.51. The number of thioether (sulfide) groups is 1. The van der Waals surface area contributed by atoms with Crippen molar-refractivity contribution in [2.45, 2.75) is 36.3 Å². The molecule has 1 saturated heterocycles. The monoisotopic (exact) mass is 367 g/mol. The highest BCUT2D eigenvalue weighted by Crippen LogP contribution is 2.33. The van der Waals surface area contributed by atoms with Crippen LogP contribution < -0.4 is 0 Å². The molecule has 0 bridgehead atoms. The van der Waals surface area contributed by atoms with Crippen LogP contribution in [0.25, 0.3) is 0 Å². The van der Waals surface area contributed by atoms with Gasteiger partial charge in [-0.3, -0.25) is 0 Å². The predicted molar refractivity (Wildman–Crippen MR) is 91.0 cm³/mol. The number of halogens is 2. The van der Waals surface area contributed by atoms with Gasteiger partial charge in [0.2, 0.25) is 10.0 Å². The van der Waals surface area contributed by atoms with E-state index in [1.54, 1.807) is 22.5 Å². The van der Waals surface area contributed by atoms with Crippen LogP contribution in [-0.4, -0.2) is 36.8 Å². The highest BCUT2D eigenvalue weighted by atomic mass is 35.5. The van der Waals surface area contributed by atoms with Crippen LogP contribution in [0.5, 0.6) is 0 Å². The highest BCUT2D eigenvalue weighted by Gasteiger charge is 2.32. The first kappa shape index (κ1) is 17.4. The van der Waals surface area contributed by atoms with Gasteiger partial charge in [0, 0.05) is 18.3 Å². The number of nitrogens with zero attached hydrogens (tertiary/aromatic N) is 1. The summed E-state index contributed by atoms with van der Waals surface area (Å²) < 4.78 is 27.3. The zero-order chi connectivity index (χ0) is 15.5. The molecule has 118 valence electrons. The molecule has 7 heteroatoms. The molecule has 0 aromatic heterocycles. The Hall–Kier alpha value is 0.0600. The number of sulfonamides is 1. The maximum atomic E-state index is 12.9. The van der Waals surface area contributed by atoms with E-state index in [1.807, 2.05) is 11.8 Å². The zero-order valence-electron chi connectivity index (χ0n) is 11.9. The molecule has 1 aromatic rings. The maximum Gasteiger partial charge on any atom is 0.246 e. The molecule has 0 N–H and O–H groups in total. The first-order valence-corrected chi connectivity index (χ1v) is 10.3. The van der Waals surface area contributed by atoms with Crippen molar-refractivity contribution in [3.05, 3.63) is 28.2 Å². The minimum Gasteiger partial charge on any atom is -0.207 e. The molecule has 1 aliphatic rings. The van der Waals surface area contributed by atoms with Crippen LogP contribution in [0.3, 0.4) is 0 Å². The Morgan fingerprint density at radius 1 is 1.29 bits per heavy atom. The molecule has 1 unspecified atom stereocenters. The first-order valence-electron chi connectivity index (χ1n) is 7.02. The maximum absolute atomic E-state index is 12.9. The summed E-state index contributed by atoms with van der Waals surface area (Å²) in [5, 5.41) is 0.714. The summed E-state index contributed by atoms with van der Waals surface area (Å²) in [5.74, 6) is 0.991. The Morgan fingerprint density at radius 2 is 1.95 bits per heavy atom. The van der Waals surface area contributed by atoms with E-state index in [0.717, 1.165) is 25.0 Å². The van der Waals surface area contributed by atoms with E-state index in [4.69, 9.17) is 23.2 Å². The summed E-state index contributed by atoms with van der Waals surface area (Å²) >= 11 is 14.0. The van der Waals surface area contributed by atoms with Gasteiger partial charge in [-0.15, -0.1) is 0 Å². The molecule has 0 spiro atoms. The minimum atomic E-state index is -3.64. The Labute approximate surface area is 141 Å². The second kappa shape index (κ2) is 7.55. The Kier molecular flexibility index (Phi) is 6.26. The topological polar surface area (TPSA) is 37.4 Å². The van der Waals surface area contributed by atoms with E-state index in [1.165, 1.54) is 0 Å².